The Morgan fingerprint density at radius 3 is 2.53 bits per heavy atom. The van der Waals surface area contributed by atoms with E-state index < -0.39 is 5.91 Å². The SMILES string of the molecule is NC(=O)c1ccc(CCN2CCOCC2)c(N)c1N. The largest absolute Gasteiger partial charge is 0.397 e. The highest BCUT2D eigenvalue weighted by Gasteiger charge is 2.14. The van der Waals surface area contributed by atoms with Crippen LogP contribution in [0.25, 0.3) is 0 Å². The molecule has 0 radical (unpaired) electrons. The first-order valence-electron chi connectivity index (χ1n) is 6.36. The molecule has 0 aromatic heterocycles. The topological polar surface area (TPSA) is 108 Å². The maximum Gasteiger partial charge on any atom is 0.250 e. The van der Waals surface area contributed by atoms with Crippen LogP contribution in [-0.4, -0.2) is 43.7 Å². The molecule has 0 bridgehead atoms. The molecule has 0 atom stereocenters. The van der Waals surface area contributed by atoms with E-state index in [1.165, 1.54) is 0 Å². The van der Waals surface area contributed by atoms with Crippen LogP contribution in [0.2, 0.25) is 0 Å². The molecule has 6 N–H and O–H groups in total. The van der Waals surface area contributed by atoms with Crippen LogP contribution in [0.3, 0.4) is 0 Å². The highest BCUT2D eigenvalue weighted by atomic mass is 16.5. The Kier molecular flexibility index (Phi) is 4.24. The molecule has 0 saturated carbocycles. The number of morpholine rings is 1. The predicted molar refractivity (Wildman–Crippen MR) is 74.7 cm³/mol. The van der Waals surface area contributed by atoms with Crippen LogP contribution >= 0.6 is 0 Å². The summed E-state index contributed by atoms with van der Waals surface area (Å²) in [4.78, 5) is 13.5. The van der Waals surface area contributed by atoms with E-state index in [1.807, 2.05) is 6.07 Å². The van der Waals surface area contributed by atoms with Gasteiger partial charge in [-0.15, -0.1) is 0 Å². The molecule has 1 heterocycles. The molecule has 19 heavy (non-hydrogen) atoms. The fraction of sp³-hybridized carbons (Fsp3) is 0.462. The lowest BCUT2D eigenvalue weighted by atomic mass is 10.0. The summed E-state index contributed by atoms with van der Waals surface area (Å²) in [6.45, 7) is 4.34. The van der Waals surface area contributed by atoms with Gasteiger partial charge in [-0.1, -0.05) is 6.07 Å². The third-order valence-corrected chi connectivity index (χ3v) is 3.44. The van der Waals surface area contributed by atoms with Gasteiger partial charge in [-0.25, -0.2) is 0 Å². The molecule has 0 spiro atoms. The molecule has 1 fully saturated rings. The predicted octanol–water partition coefficient (Wildman–Crippen LogP) is -0.175. The molecular formula is C13H20N4O2. The summed E-state index contributed by atoms with van der Waals surface area (Å²) in [5, 5.41) is 0. The van der Waals surface area contributed by atoms with Gasteiger partial charge < -0.3 is 21.9 Å². The highest BCUT2D eigenvalue weighted by molar-refractivity contribution is 6.00. The molecule has 6 nitrogen and oxygen atoms in total. The maximum atomic E-state index is 11.2. The summed E-state index contributed by atoms with van der Waals surface area (Å²) in [5.74, 6) is -0.552. The zero-order valence-corrected chi connectivity index (χ0v) is 10.9. The van der Waals surface area contributed by atoms with Crippen LogP contribution < -0.4 is 17.2 Å². The minimum Gasteiger partial charge on any atom is -0.397 e. The number of nitrogens with two attached hydrogens (primary N) is 3. The van der Waals surface area contributed by atoms with Crippen molar-refractivity contribution in [3.8, 4) is 0 Å². The van der Waals surface area contributed by atoms with Crippen molar-refractivity contribution in [2.75, 3.05) is 44.3 Å². The summed E-state index contributed by atoms with van der Waals surface area (Å²) in [5.41, 5.74) is 19.0. The quantitative estimate of drug-likeness (QED) is 0.654. The van der Waals surface area contributed by atoms with E-state index in [2.05, 4.69) is 4.90 Å². The van der Waals surface area contributed by atoms with Crippen molar-refractivity contribution in [1.29, 1.82) is 0 Å². The molecule has 6 heteroatoms. The molecular weight excluding hydrogens is 244 g/mol. The Labute approximate surface area is 112 Å². The van der Waals surface area contributed by atoms with Gasteiger partial charge in [0.1, 0.15) is 0 Å². The Morgan fingerprint density at radius 2 is 1.89 bits per heavy atom. The second-order valence-corrected chi connectivity index (χ2v) is 4.67. The van der Waals surface area contributed by atoms with Gasteiger partial charge in [0.25, 0.3) is 5.91 Å². The number of nitrogen functional groups attached to an aromatic ring is 2. The van der Waals surface area contributed by atoms with E-state index >= 15 is 0 Å². The summed E-state index contributed by atoms with van der Waals surface area (Å²) in [7, 11) is 0. The van der Waals surface area contributed by atoms with Crippen molar-refractivity contribution in [2.45, 2.75) is 6.42 Å². The van der Waals surface area contributed by atoms with Crippen LogP contribution in [0.1, 0.15) is 15.9 Å². The number of nitrogens with zero attached hydrogens (tertiary/aromatic N) is 1. The fourth-order valence-electron chi connectivity index (χ4n) is 2.22. The fourth-order valence-corrected chi connectivity index (χ4v) is 2.22. The number of anilines is 2. The van der Waals surface area contributed by atoms with Crippen molar-refractivity contribution in [2.24, 2.45) is 5.73 Å². The van der Waals surface area contributed by atoms with E-state index in [4.69, 9.17) is 21.9 Å². The van der Waals surface area contributed by atoms with Crippen molar-refractivity contribution >= 4 is 17.3 Å². The van der Waals surface area contributed by atoms with Crippen LogP contribution in [0.15, 0.2) is 12.1 Å². The number of hydrogen-bond donors (Lipinski definition) is 3. The van der Waals surface area contributed by atoms with Gasteiger partial charge in [-0.3, -0.25) is 9.69 Å². The molecule has 1 aliphatic rings. The third-order valence-electron chi connectivity index (χ3n) is 3.44. The van der Waals surface area contributed by atoms with E-state index in [-0.39, 0.29) is 11.3 Å². The van der Waals surface area contributed by atoms with Gasteiger partial charge in [0.15, 0.2) is 0 Å². The monoisotopic (exact) mass is 264 g/mol. The third kappa shape index (κ3) is 3.15. The standard InChI is InChI=1S/C13H20N4O2/c14-11-9(1-2-10(12(11)15)13(16)18)3-4-17-5-7-19-8-6-17/h1-2H,3-8,14-15H2,(H2,16,18). The molecule has 0 aliphatic carbocycles. The van der Waals surface area contributed by atoms with E-state index in [9.17, 15) is 4.79 Å². The minimum atomic E-state index is -0.552. The van der Waals surface area contributed by atoms with Gasteiger partial charge in [-0.2, -0.15) is 0 Å². The number of carbonyl (C=O) groups is 1. The Hall–Kier alpha value is -1.79. The van der Waals surface area contributed by atoms with Gasteiger partial charge in [0.05, 0.1) is 30.2 Å². The van der Waals surface area contributed by atoms with Crippen LogP contribution in [0, 0.1) is 0 Å². The molecule has 1 aliphatic heterocycles. The molecule has 2 rings (SSSR count). The summed E-state index contributed by atoms with van der Waals surface area (Å²) in [6, 6.07) is 3.47. The number of rotatable bonds is 4. The van der Waals surface area contributed by atoms with E-state index in [0.717, 1.165) is 44.8 Å². The van der Waals surface area contributed by atoms with Gasteiger partial charge in [0, 0.05) is 19.6 Å². The molecule has 1 aromatic carbocycles. The lowest BCUT2D eigenvalue weighted by Gasteiger charge is -2.26. The molecule has 104 valence electrons. The first-order chi connectivity index (χ1) is 9.09. The van der Waals surface area contributed by atoms with Crippen molar-refractivity contribution in [3.63, 3.8) is 0 Å². The molecule has 0 unspecified atom stereocenters. The summed E-state index contributed by atoms with van der Waals surface area (Å²) >= 11 is 0. The van der Waals surface area contributed by atoms with Crippen molar-refractivity contribution in [1.82, 2.24) is 4.90 Å². The molecule has 1 saturated heterocycles. The lowest BCUT2D eigenvalue weighted by Crippen LogP contribution is -2.37. The number of amides is 1. The zero-order valence-electron chi connectivity index (χ0n) is 10.9. The number of hydrogen-bond acceptors (Lipinski definition) is 5. The van der Waals surface area contributed by atoms with Crippen molar-refractivity contribution in [3.05, 3.63) is 23.3 Å². The van der Waals surface area contributed by atoms with E-state index in [0.29, 0.717) is 5.69 Å². The smallest absolute Gasteiger partial charge is 0.250 e. The summed E-state index contributed by atoms with van der Waals surface area (Å²) < 4.78 is 5.30. The van der Waals surface area contributed by atoms with Gasteiger partial charge in [-0.05, 0) is 18.1 Å². The second kappa shape index (κ2) is 5.90. The first kappa shape index (κ1) is 13.6. The number of primary amides is 1. The maximum absolute atomic E-state index is 11.2. The Bertz CT molecular complexity index is 470. The molecule has 1 amide bonds. The second-order valence-electron chi connectivity index (χ2n) is 4.67. The normalized spacial score (nSPS) is 16.4. The molecule has 1 aromatic rings. The first-order valence-corrected chi connectivity index (χ1v) is 6.36. The van der Waals surface area contributed by atoms with Gasteiger partial charge in [0.2, 0.25) is 0 Å². The van der Waals surface area contributed by atoms with Crippen molar-refractivity contribution < 1.29 is 9.53 Å². The number of benzene rings is 1. The van der Waals surface area contributed by atoms with Gasteiger partial charge >= 0.3 is 0 Å². The summed E-state index contributed by atoms with van der Waals surface area (Å²) in [6.07, 6.45) is 0.801. The minimum absolute atomic E-state index is 0.284. The number of ether oxygens (including phenoxy) is 1. The Morgan fingerprint density at radius 1 is 1.21 bits per heavy atom. The van der Waals surface area contributed by atoms with Crippen LogP contribution in [0.4, 0.5) is 11.4 Å². The lowest BCUT2D eigenvalue weighted by molar-refractivity contribution is 0.0384. The highest BCUT2D eigenvalue weighted by Crippen LogP contribution is 2.24. The van der Waals surface area contributed by atoms with Crippen LogP contribution in [-0.2, 0) is 11.2 Å². The Balaban J connectivity index is 2.04. The average Bonchev–Trinajstić information content (AvgIpc) is 2.41. The average molecular weight is 264 g/mol. The van der Waals surface area contributed by atoms with E-state index in [1.54, 1.807) is 6.07 Å². The number of carbonyl (C=O) groups excluding carboxylic acids is 1. The van der Waals surface area contributed by atoms with Crippen LogP contribution in [0.5, 0.6) is 0 Å². The zero-order chi connectivity index (χ0) is 13.8.